The summed E-state index contributed by atoms with van der Waals surface area (Å²) in [5.41, 5.74) is 3.94. The molecule has 2 aliphatic rings. The number of nitrogens with zero attached hydrogens (tertiary/aromatic N) is 1. The lowest BCUT2D eigenvalue weighted by molar-refractivity contribution is -0.148. The summed E-state index contributed by atoms with van der Waals surface area (Å²) < 4.78 is 5.59. The summed E-state index contributed by atoms with van der Waals surface area (Å²) in [5.74, 6) is -1.73. The molecule has 2 aliphatic carbocycles. The van der Waals surface area contributed by atoms with Crippen LogP contribution in [0.2, 0.25) is 0 Å². The van der Waals surface area contributed by atoms with E-state index < -0.39 is 23.4 Å². The van der Waals surface area contributed by atoms with Crippen LogP contribution in [0.3, 0.4) is 0 Å². The quantitative estimate of drug-likeness (QED) is 0.636. The highest BCUT2D eigenvalue weighted by Gasteiger charge is 2.46. The molecule has 0 spiro atoms. The second kappa shape index (κ2) is 9.25. The predicted molar refractivity (Wildman–Crippen MR) is 124 cm³/mol. The highest BCUT2D eigenvalue weighted by molar-refractivity contribution is 5.85. The van der Waals surface area contributed by atoms with E-state index in [-0.39, 0.29) is 31.5 Å². The van der Waals surface area contributed by atoms with Gasteiger partial charge < -0.3 is 20.1 Å². The van der Waals surface area contributed by atoms with E-state index >= 15 is 0 Å². The maximum Gasteiger partial charge on any atom is 0.407 e. The van der Waals surface area contributed by atoms with Gasteiger partial charge in [0.05, 0.1) is 11.3 Å². The summed E-state index contributed by atoms with van der Waals surface area (Å²) in [7, 11) is 1.62. The number of carbonyl (C=O) groups excluding carboxylic acids is 2. The third-order valence-corrected chi connectivity index (χ3v) is 7.00. The second-order valence-corrected chi connectivity index (χ2v) is 9.24. The van der Waals surface area contributed by atoms with Gasteiger partial charge in [0, 0.05) is 26.1 Å². The molecule has 2 aromatic rings. The fourth-order valence-electron chi connectivity index (χ4n) is 4.94. The van der Waals surface area contributed by atoms with Gasteiger partial charge >= 0.3 is 12.1 Å². The van der Waals surface area contributed by atoms with Gasteiger partial charge in [-0.05, 0) is 35.1 Å². The summed E-state index contributed by atoms with van der Waals surface area (Å²) in [6.45, 7) is 2.13. The van der Waals surface area contributed by atoms with Gasteiger partial charge in [0.15, 0.2) is 0 Å². The Morgan fingerprint density at radius 2 is 1.67 bits per heavy atom. The van der Waals surface area contributed by atoms with Gasteiger partial charge in [0.2, 0.25) is 5.91 Å². The molecule has 0 aromatic heterocycles. The summed E-state index contributed by atoms with van der Waals surface area (Å²) >= 11 is 0. The number of carboxylic acids is 1. The number of ether oxygens (including phenoxy) is 1. The molecular weight excluding hydrogens is 420 g/mol. The summed E-state index contributed by atoms with van der Waals surface area (Å²) in [6, 6.07) is 16.3. The van der Waals surface area contributed by atoms with Crippen molar-refractivity contribution in [2.75, 3.05) is 26.7 Å². The highest BCUT2D eigenvalue weighted by Crippen LogP contribution is 2.45. The molecule has 33 heavy (non-hydrogen) atoms. The fraction of sp³-hybridized carbons (Fsp3) is 0.423. The van der Waals surface area contributed by atoms with Crippen molar-refractivity contribution < 1.29 is 24.2 Å². The van der Waals surface area contributed by atoms with E-state index in [1.165, 1.54) is 16.0 Å². The lowest BCUT2D eigenvalue weighted by atomic mass is 9.67. The first-order chi connectivity index (χ1) is 15.8. The first-order valence-electron chi connectivity index (χ1n) is 11.4. The number of fused-ring (bicyclic) bond motifs is 3. The van der Waals surface area contributed by atoms with E-state index in [1.54, 1.807) is 14.0 Å². The van der Waals surface area contributed by atoms with E-state index in [0.29, 0.717) is 12.8 Å². The number of carboxylic acid groups (broad SMARTS) is 1. The average molecular weight is 451 g/mol. The largest absolute Gasteiger partial charge is 0.481 e. The molecular formula is C26H30N2O5. The van der Waals surface area contributed by atoms with E-state index in [2.05, 4.69) is 29.6 Å². The van der Waals surface area contributed by atoms with Crippen LogP contribution in [0.25, 0.3) is 11.1 Å². The number of rotatable bonds is 8. The van der Waals surface area contributed by atoms with E-state index in [4.69, 9.17) is 9.84 Å². The van der Waals surface area contributed by atoms with Crippen LogP contribution < -0.4 is 5.32 Å². The molecule has 1 unspecified atom stereocenters. The van der Waals surface area contributed by atoms with Crippen LogP contribution in [0.1, 0.15) is 43.2 Å². The SMILES string of the molecule is CC(CN(C)C(=O)C1(CNC(=O)OCC2c3ccccc3-c3ccccc32)CCC1)C(=O)O. The normalized spacial score (nSPS) is 16.7. The Balaban J connectivity index is 1.35. The first kappa shape index (κ1) is 22.8. The zero-order valence-corrected chi connectivity index (χ0v) is 19.0. The van der Waals surface area contributed by atoms with Gasteiger partial charge in [0.1, 0.15) is 6.61 Å². The molecule has 1 fully saturated rings. The van der Waals surface area contributed by atoms with Crippen molar-refractivity contribution >= 4 is 18.0 Å². The van der Waals surface area contributed by atoms with Crippen LogP contribution in [0.15, 0.2) is 48.5 Å². The number of benzene rings is 2. The smallest absolute Gasteiger partial charge is 0.407 e. The Labute approximate surface area is 193 Å². The van der Waals surface area contributed by atoms with E-state index in [0.717, 1.165) is 17.5 Å². The van der Waals surface area contributed by atoms with E-state index in [9.17, 15) is 14.4 Å². The lowest BCUT2D eigenvalue weighted by Crippen LogP contribution is -2.53. The molecule has 0 aliphatic heterocycles. The molecule has 2 amide bonds. The fourth-order valence-corrected chi connectivity index (χ4v) is 4.94. The maximum atomic E-state index is 13.0. The summed E-state index contributed by atoms with van der Waals surface area (Å²) in [4.78, 5) is 38.1. The summed E-state index contributed by atoms with van der Waals surface area (Å²) in [6.07, 6.45) is 1.70. The van der Waals surface area contributed by atoms with Gasteiger partial charge in [0.25, 0.3) is 0 Å². The highest BCUT2D eigenvalue weighted by atomic mass is 16.5. The number of nitrogens with one attached hydrogen (secondary N) is 1. The van der Waals surface area contributed by atoms with Crippen molar-refractivity contribution in [2.45, 2.75) is 32.1 Å². The molecule has 7 heteroatoms. The van der Waals surface area contributed by atoms with Crippen molar-refractivity contribution in [1.82, 2.24) is 10.2 Å². The standard InChI is InChI=1S/C26H30N2O5/c1-17(23(29)30)14-28(2)24(31)26(12-7-13-26)16-27-25(32)33-15-22-20-10-5-3-8-18(20)19-9-4-6-11-21(19)22/h3-6,8-11,17,22H,7,12-16H2,1-2H3,(H,27,32)(H,29,30). The van der Waals surface area contributed by atoms with Crippen molar-refractivity contribution in [1.29, 1.82) is 0 Å². The Morgan fingerprint density at radius 1 is 1.09 bits per heavy atom. The number of carbonyl (C=O) groups is 3. The van der Waals surface area contributed by atoms with Crippen molar-refractivity contribution in [3.05, 3.63) is 59.7 Å². The molecule has 174 valence electrons. The second-order valence-electron chi connectivity index (χ2n) is 9.24. The van der Waals surface area contributed by atoms with Crippen LogP contribution in [0, 0.1) is 11.3 Å². The molecule has 2 N–H and O–H groups in total. The third kappa shape index (κ3) is 4.45. The number of hydrogen-bond acceptors (Lipinski definition) is 4. The van der Waals surface area contributed by atoms with Gasteiger partial charge in [-0.1, -0.05) is 61.9 Å². The van der Waals surface area contributed by atoms with Crippen molar-refractivity contribution in [3.8, 4) is 11.1 Å². The predicted octanol–water partition coefficient (Wildman–Crippen LogP) is 3.87. The average Bonchev–Trinajstić information content (AvgIpc) is 3.10. The Bertz CT molecular complexity index is 1020. The topological polar surface area (TPSA) is 95.9 Å². The Hall–Kier alpha value is -3.35. The van der Waals surface area contributed by atoms with Crippen LogP contribution in [-0.4, -0.2) is 54.7 Å². The first-order valence-corrected chi connectivity index (χ1v) is 11.4. The number of amides is 2. The van der Waals surface area contributed by atoms with Gasteiger partial charge in [-0.3, -0.25) is 9.59 Å². The van der Waals surface area contributed by atoms with E-state index in [1.807, 2.05) is 24.3 Å². The number of aliphatic carboxylic acids is 1. The minimum atomic E-state index is -0.936. The molecule has 4 rings (SSSR count). The lowest BCUT2D eigenvalue weighted by Gasteiger charge is -2.42. The minimum absolute atomic E-state index is 0.0221. The Morgan fingerprint density at radius 3 is 2.18 bits per heavy atom. The van der Waals surface area contributed by atoms with Crippen molar-refractivity contribution in [3.63, 3.8) is 0 Å². The zero-order chi connectivity index (χ0) is 23.6. The van der Waals surface area contributed by atoms with Crippen LogP contribution in [-0.2, 0) is 14.3 Å². The van der Waals surface area contributed by atoms with Crippen LogP contribution >= 0.6 is 0 Å². The van der Waals surface area contributed by atoms with Gasteiger partial charge in [-0.15, -0.1) is 0 Å². The third-order valence-electron chi connectivity index (χ3n) is 7.00. The van der Waals surface area contributed by atoms with Crippen molar-refractivity contribution in [2.24, 2.45) is 11.3 Å². The maximum absolute atomic E-state index is 13.0. The molecule has 0 saturated heterocycles. The molecule has 0 bridgehead atoms. The monoisotopic (exact) mass is 450 g/mol. The molecule has 0 radical (unpaired) electrons. The molecule has 1 atom stereocenters. The zero-order valence-electron chi connectivity index (χ0n) is 19.0. The van der Waals surface area contributed by atoms with Crippen LogP contribution in [0.4, 0.5) is 4.79 Å². The van der Waals surface area contributed by atoms with Gasteiger partial charge in [-0.25, -0.2) is 4.79 Å². The molecule has 2 aromatic carbocycles. The summed E-state index contributed by atoms with van der Waals surface area (Å²) in [5, 5.41) is 11.9. The van der Waals surface area contributed by atoms with Crippen LogP contribution in [0.5, 0.6) is 0 Å². The molecule has 0 heterocycles. The number of hydrogen-bond donors (Lipinski definition) is 2. The number of alkyl carbamates (subject to hydrolysis) is 1. The molecule has 1 saturated carbocycles. The van der Waals surface area contributed by atoms with Gasteiger partial charge in [-0.2, -0.15) is 0 Å². The molecule has 7 nitrogen and oxygen atoms in total. The Kier molecular flexibility index (Phi) is 6.40. The minimum Gasteiger partial charge on any atom is -0.481 e.